The molecule has 20 heavy (non-hydrogen) atoms. The predicted octanol–water partition coefficient (Wildman–Crippen LogP) is 6.67. The first-order chi connectivity index (χ1) is 9.50. The fourth-order valence-corrected chi connectivity index (χ4v) is 5.44. The summed E-state index contributed by atoms with van der Waals surface area (Å²) in [5.41, 5.74) is 3.79. The Hall–Kier alpha value is -0.580. The Bertz CT molecular complexity index is 785. The van der Waals surface area contributed by atoms with E-state index in [9.17, 15) is 0 Å². The van der Waals surface area contributed by atoms with Crippen molar-refractivity contribution in [1.82, 2.24) is 0 Å². The molecule has 1 unspecified atom stereocenters. The highest BCUT2D eigenvalue weighted by molar-refractivity contribution is 9.10. The van der Waals surface area contributed by atoms with Crippen LogP contribution in [0.5, 0.6) is 0 Å². The summed E-state index contributed by atoms with van der Waals surface area (Å²) < 4.78 is 8.21. The third-order valence-corrected chi connectivity index (χ3v) is 6.65. The zero-order valence-corrected chi connectivity index (χ0v) is 15.4. The van der Waals surface area contributed by atoms with Crippen molar-refractivity contribution in [2.75, 3.05) is 0 Å². The molecule has 0 radical (unpaired) electrons. The lowest BCUT2D eigenvalue weighted by atomic mass is 10.0. The minimum atomic E-state index is 0.169. The monoisotopic (exact) mass is 412 g/mol. The van der Waals surface area contributed by atoms with Gasteiger partial charge in [0.05, 0.1) is 4.83 Å². The van der Waals surface area contributed by atoms with Gasteiger partial charge < -0.3 is 4.42 Å². The summed E-state index contributed by atoms with van der Waals surface area (Å²) in [6, 6.07) is 6.35. The highest BCUT2D eigenvalue weighted by Gasteiger charge is 2.23. The molecule has 0 saturated carbocycles. The first-order valence-electron chi connectivity index (χ1n) is 6.37. The lowest BCUT2D eigenvalue weighted by Crippen LogP contribution is -1.94. The van der Waals surface area contributed by atoms with Crippen LogP contribution in [0.2, 0.25) is 0 Å². The van der Waals surface area contributed by atoms with E-state index in [0.29, 0.717) is 0 Å². The van der Waals surface area contributed by atoms with Crippen molar-refractivity contribution in [3.8, 4) is 0 Å². The lowest BCUT2D eigenvalue weighted by Gasteiger charge is -2.10. The predicted molar refractivity (Wildman–Crippen MR) is 93.2 cm³/mol. The number of hydrogen-bond donors (Lipinski definition) is 0. The molecule has 3 rings (SSSR count). The molecule has 0 aliphatic carbocycles. The second-order valence-electron chi connectivity index (χ2n) is 4.92. The van der Waals surface area contributed by atoms with Gasteiger partial charge in [-0.1, -0.05) is 28.1 Å². The summed E-state index contributed by atoms with van der Waals surface area (Å²) in [7, 11) is 0. The molecular weight excluding hydrogens is 400 g/mol. The van der Waals surface area contributed by atoms with E-state index in [0.717, 1.165) is 16.0 Å². The van der Waals surface area contributed by atoms with Crippen molar-refractivity contribution >= 4 is 53.3 Å². The number of rotatable bonds is 2. The Labute approximate surface area is 139 Å². The molecule has 0 bridgehead atoms. The van der Waals surface area contributed by atoms with Gasteiger partial charge in [0.25, 0.3) is 0 Å². The SMILES string of the molecule is Cc1oc(C)c(C(Br)c2csc3c(Br)cccc23)c1C. The molecule has 0 saturated heterocycles. The van der Waals surface area contributed by atoms with Crippen LogP contribution in [0.1, 0.15) is 33.0 Å². The van der Waals surface area contributed by atoms with Gasteiger partial charge in [-0.05, 0) is 64.7 Å². The minimum absolute atomic E-state index is 0.169. The second-order valence-corrected chi connectivity index (χ2v) is 7.57. The highest BCUT2D eigenvalue weighted by atomic mass is 79.9. The molecule has 4 heteroatoms. The fourth-order valence-electron chi connectivity index (χ4n) is 2.58. The van der Waals surface area contributed by atoms with E-state index in [2.05, 4.69) is 62.4 Å². The molecule has 3 aromatic rings. The van der Waals surface area contributed by atoms with E-state index < -0.39 is 0 Å². The molecule has 104 valence electrons. The molecule has 0 amide bonds. The van der Waals surface area contributed by atoms with Crippen molar-refractivity contribution in [1.29, 1.82) is 0 Å². The van der Waals surface area contributed by atoms with E-state index >= 15 is 0 Å². The molecule has 1 aromatic carbocycles. The number of thiophene rings is 1. The number of hydrogen-bond acceptors (Lipinski definition) is 2. The summed E-state index contributed by atoms with van der Waals surface area (Å²) in [6.07, 6.45) is 0. The van der Waals surface area contributed by atoms with Gasteiger partial charge in [-0.2, -0.15) is 0 Å². The van der Waals surface area contributed by atoms with Gasteiger partial charge >= 0.3 is 0 Å². The summed E-state index contributed by atoms with van der Waals surface area (Å²) in [5, 5.41) is 3.53. The van der Waals surface area contributed by atoms with Gasteiger partial charge in [-0.25, -0.2) is 0 Å². The van der Waals surface area contributed by atoms with Crippen LogP contribution in [0.15, 0.2) is 32.5 Å². The maximum Gasteiger partial charge on any atom is 0.106 e. The van der Waals surface area contributed by atoms with Crippen molar-refractivity contribution in [2.24, 2.45) is 0 Å². The van der Waals surface area contributed by atoms with Gasteiger partial charge in [0.15, 0.2) is 0 Å². The molecule has 1 atom stereocenters. The normalized spacial score (nSPS) is 13.1. The van der Waals surface area contributed by atoms with Crippen molar-refractivity contribution in [2.45, 2.75) is 25.6 Å². The molecule has 0 N–H and O–H groups in total. The van der Waals surface area contributed by atoms with Crippen LogP contribution in [-0.2, 0) is 0 Å². The topological polar surface area (TPSA) is 13.1 Å². The van der Waals surface area contributed by atoms with Crippen molar-refractivity contribution in [3.63, 3.8) is 0 Å². The first-order valence-corrected chi connectivity index (χ1v) is 8.95. The van der Waals surface area contributed by atoms with E-state index in [-0.39, 0.29) is 4.83 Å². The average Bonchev–Trinajstić information content (AvgIpc) is 2.93. The molecule has 0 spiro atoms. The number of benzene rings is 1. The molecule has 2 aromatic heterocycles. The van der Waals surface area contributed by atoms with E-state index in [1.807, 2.05) is 13.8 Å². The lowest BCUT2D eigenvalue weighted by molar-refractivity contribution is 0.500. The van der Waals surface area contributed by atoms with Gasteiger partial charge in [0, 0.05) is 14.7 Å². The zero-order chi connectivity index (χ0) is 14.4. The molecule has 2 heterocycles. The van der Waals surface area contributed by atoms with Crippen LogP contribution in [-0.4, -0.2) is 0 Å². The maximum absolute atomic E-state index is 5.76. The van der Waals surface area contributed by atoms with Gasteiger partial charge in [-0.3, -0.25) is 0 Å². The van der Waals surface area contributed by atoms with E-state index in [1.54, 1.807) is 11.3 Å². The van der Waals surface area contributed by atoms with E-state index in [4.69, 9.17) is 4.42 Å². The number of fused-ring (bicyclic) bond motifs is 1. The second kappa shape index (κ2) is 5.32. The van der Waals surface area contributed by atoms with Gasteiger partial charge in [0.2, 0.25) is 0 Å². The van der Waals surface area contributed by atoms with Gasteiger partial charge in [0.1, 0.15) is 11.5 Å². The first kappa shape index (κ1) is 14.4. The number of furan rings is 1. The Morgan fingerprint density at radius 2 is 1.90 bits per heavy atom. The fraction of sp³-hybridized carbons (Fsp3) is 0.250. The maximum atomic E-state index is 5.76. The van der Waals surface area contributed by atoms with Crippen LogP contribution in [0, 0.1) is 20.8 Å². The summed E-state index contributed by atoms with van der Waals surface area (Å²) >= 11 is 9.27. The molecule has 0 aliphatic rings. The van der Waals surface area contributed by atoms with Crippen LogP contribution in [0.3, 0.4) is 0 Å². The Kier molecular flexibility index (Phi) is 3.82. The van der Waals surface area contributed by atoms with Crippen LogP contribution < -0.4 is 0 Å². The largest absolute Gasteiger partial charge is 0.466 e. The number of halogens is 2. The van der Waals surface area contributed by atoms with Crippen molar-refractivity contribution in [3.05, 3.63) is 56.3 Å². The van der Waals surface area contributed by atoms with Gasteiger partial charge in [-0.15, -0.1) is 11.3 Å². The van der Waals surface area contributed by atoms with Crippen LogP contribution in [0.25, 0.3) is 10.1 Å². The number of alkyl halides is 1. The molecule has 0 fully saturated rings. The standard InChI is InChI=1S/C16H14Br2OS/c1-8-9(2)19-10(3)14(8)15(18)12-7-20-16-11(12)5-4-6-13(16)17/h4-7,15H,1-3H3. The highest BCUT2D eigenvalue weighted by Crippen LogP contribution is 2.43. The Balaban J connectivity index is 2.18. The van der Waals surface area contributed by atoms with Crippen LogP contribution in [0.4, 0.5) is 0 Å². The third kappa shape index (κ3) is 2.18. The molecular formula is C16H14Br2OS. The Morgan fingerprint density at radius 1 is 1.15 bits per heavy atom. The number of aryl methyl sites for hydroxylation is 2. The summed E-state index contributed by atoms with van der Waals surface area (Å²) in [4.78, 5) is 0.169. The molecule has 0 aliphatic heterocycles. The molecule has 1 nitrogen and oxygen atoms in total. The van der Waals surface area contributed by atoms with Crippen LogP contribution >= 0.6 is 43.2 Å². The smallest absolute Gasteiger partial charge is 0.106 e. The summed E-state index contributed by atoms with van der Waals surface area (Å²) in [5.74, 6) is 2.00. The van der Waals surface area contributed by atoms with Crippen molar-refractivity contribution < 1.29 is 4.42 Å². The van der Waals surface area contributed by atoms with E-state index in [1.165, 1.54) is 26.8 Å². The quantitative estimate of drug-likeness (QED) is 0.427. The Morgan fingerprint density at radius 3 is 2.55 bits per heavy atom. The zero-order valence-electron chi connectivity index (χ0n) is 11.5. The third-order valence-electron chi connectivity index (χ3n) is 3.73. The summed E-state index contributed by atoms with van der Waals surface area (Å²) in [6.45, 7) is 6.18. The minimum Gasteiger partial charge on any atom is -0.466 e. The average molecular weight is 414 g/mol.